The third-order valence-electron chi connectivity index (χ3n) is 5.35. The average Bonchev–Trinajstić information content (AvgIpc) is 3.23. The Morgan fingerprint density at radius 1 is 0.800 bits per heavy atom. The smallest absolute Gasteiger partial charge is 0.354 e. The fourth-order valence-corrected chi connectivity index (χ4v) is 3.87. The third kappa shape index (κ3) is 3.10. The number of hydrogen-bond acceptors (Lipinski definition) is 7. The summed E-state index contributed by atoms with van der Waals surface area (Å²) in [5.74, 6) is 0.569. The van der Waals surface area contributed by atoms with E-state index >= 15 is 0 Å². The molecule has 0 atom stereocenters. The van der Waals surface area contributed by atoms with Crippen molar-refractivity contribution < 1.29 is 4.92 Å². The molecule has 150 valence electrons. The molecule has 0 radical (unpaired) electrons. The molecule has 0 amide bonds. The van der Waals surface area contributed by atoms with Crippen LogP contribution >= 0.6 is 0 Å². The van der Waals surface area contributed by atoms with Crippen LogP contribution in [0.25, 0.3) is 16.9 Å². The molecule has 9 nitrogen and oxygen atoms in total. The Bertz CT molecular complexity index is 1200. The van der Waals surface area contributed by atoms with E-state index in [1.807, 2.05) is 47.4 Å². The average molecular weight is 401 g/mol. The molecule has 0 bridgehead atoms. The molecule has 5 rings (SSSR count). The summed E-state index contributed by atoms with van der Waals surface area (Å²) in [6.07, 6.45) is 2.95. The number of fused-ring (bicyclic) bond motifs is 1. The quantitative estimate of drug-likeness (QED) is 0.383. The molecule has 30 heavy (non-hydrogen) atoms. The van der Waals surface area contributed by atoms with Crippen molar-refractivity contribution in [2.45, 2.75) is 0 Å². The van der Waals surface area contributed by atoms with Gasteiger partial charge >= 0.3 is 5.69 Å². The van der Waals surface area contributed by atoms with Gasteiger partial charge in [0.1, 0.15) is 12.7 Å². The predicted molar refractivity (Wildman–Crippen MR) is 114 cm³/mol. The molecule has 0 saturated carbocycles. The van der Waals surface area contributed by atoms with E-state index in [0.29, 0.717) is 18.9 Å². The summed E-state index contributed by atoms with van der Waals surface area (Å²) in [6, 6.07) is 17.6. The normalized spacial score (nSPS) is 14.3. The number of piperazine rings is 1. The molecule has 1 aliphatic rings. The van der Waals surface area contributed by atoms with E-state index in [4.69, 9.17) is 0 Å². The van der Waals surface area contributed by atoms with Crippen molar-refractivity contribution in [3.8, 4) is 5.82 Å². The Labute approximate surface area is 172 Å². The number of rotatable bonds is 4. The van der Waals surface area contributed by atoms with Gasteiger partial charge in [-0.05, 0) is 24.3 Å². The van der Waals surface area contributed by atoms with Gasteiger partial charge in [-0.15, -0.1) is 0 Å². The Morgan fingerprint density at radius 3 is 2.23 bits per heavy atom. The molecule has 0 spiro atoms. The summed E-state index contributed by atoms with van der Waals surface area (Å²) in [7, 11) is 0. The summed E-state index contributed by atoms with van der Waals surface area (Å²) in [5, 5.41) is 12.1. The highest BCUT2D eigenvalue weighted by Crippen LogP contribution is 2.33. The molecule has 4 aromatic rings. The Morgan fingerprint density at radius 2 is 1.47 bits per heavy atom. The first kappa shape index (κ1) is 18.0. The van der Waals surface area contributed by atoms with Gasteiger partial charge in [-0.3, -0.25) is 14.7 Å². The van der Waals surface area contributed by atoms with Gasteiger partial charge in [0.25, 0.3) is 0 Å². The number of hydrogen-bond donors (Lipinski definition) is 0. The number of imidazole rings is 1. The van der Waals surface area contributed by atoms with E-state index in [1.165, 1.54) is 6.33 Å². The van der Waals surface area contributed by atoms with Gasteiger partial charge in [0.2, 0.25) is 11.6 Å². The fourth-order valence-electron chi connectivity index (χ4n) is 3.87. The van der Waals surface area contributed by atoms with Crippen molar-refractivity contribution in [1.29, 1.82) is 0 Å². The minimum Gasteiger partial charge on any atom is -0.368 e. The first-order valence-corrected chi connectivity index (χ1v) is 9.69. The zero-order valence-corrected chi connectivity index (χ0v) is 16.1. The molecule has 9 heteroatoms. The molecule has 2 aromatic heterocycles. The summed E-state index contributed by atoms with van der Waals surface area (Å²) in [5.41, 5.74) is 2.57. The lowest BCUT2D eigenvalue weighted by atomic mass is 10.2. The molecule has 1 aliphatic heterocycles. The van der Waals surface area contributed by atoms with Crippen molar-refractivity contribution in [2.24, 2.45) is 0 Å². The molecule has 0 aliphatic carbocycles. The number of anilines is 2. The van der Waals surface area contributed by atoms with Crippen LogP contribution in [0, 0.1) is 10.1 Å². The lowest BCUT2D eigenvalue weighted by Gasteiger charge is -2.36. The van der Waals surface area contributed by atoms with Gasteiger partial charge in [-0.2, -0.15) is 0 Å². The standard InChI is InChI=1S/C21H19N7O2/c29-28(30)19-20(26-12-10-25(11-13-26)16-6-2-1-3-7-16)22-14-23-21(19)27-15-24-17-8-4-5-9-18(17)27/h1-9,14-15H,10-13H2. The first-order chi connectivity index (χ1) is 14.7. The topological polar surface area (TPSA) is 93.2 Å². The van der Waals surface area contributed by atoms with Crippen LogP contribution in [0.15, 0.2) is 67.3 Å². The molecular formula is C21H19N7O2. The maximum Gasteiger partial charge on any atom is 0.354 e. The Balaban J connectivity index is 1.50. The second-order valence-electron chi connectivity index (χ2n) is 7.04. The van der Waals surface area contributed by atoms with Crippen LogP contribution in [-0.2, 0) is 0 Å². The zero-order valence-electron chi connectivity index (χ0n) is 16.1. The lowest BCUT2D eigenvalue weighted by Crippen LogP contribution is -2.47. The summed E-state index contributed by atoms with van der Waals surface area (Å²) in [4.78, 5) is 28.8. The van der Waals surface area contributed by atoms with Crippen molar-refractivity contribution in [1.82, 2.24) is 19.5 Å². The van der Waals surface area contributed by atoms with E-state index in [9.17, 15) is 10.1 Å². The largest absolute Gasteiger partial charge is 0.368 e. The monoisotopic (exact) mass is 401 g/mol. The van der Waals surface area contributed by atoms with Crippen LogP contribution in [0.1, 0.15) is 0 Å². The highest BCUT2D eigenvalue weighted by Gasteiger charge is 2.30. The van der Waals surface area contributed by atoms with Crippen LogP contribution in [0.4, 0.5) is 17.2 Å². The van der Waals surface area contributed by atoms with Crippen LogP contribution in [0.3, 0.4) is 0 Å². The number of nitro groups is 1. The minimum absolute atomic E-state index is 0.103. The second kappa shape index (κ2) is 7.43. The maximum atomic E-state index is 12.1. The summed E-state index contributed by atoms with van der Waals surface area (Å²) < 4.78 is 1.65. The van der Waals surface area contributed by atoms with Gasteiger partial charge in [0.15, 0.2) is 0 Å². The fraction of sp³-hybridized carbons (Fsp3) is 0.190. The highest BCUT2D eigenvalue weighted by molar-refractivity contribution is 5.79. The number of benzene rings is 2. The van der Waals surface area contributed by atoms with Gasteiger partial charge in [0.05, 0.1) is 16.0 Å². The third-order valence-corrected chi connectivity index (χ3v) is 5.35. The maximum absolute atomic E-state index is 12.1. The first-order valence-electron chi connectivity index (χ1n) is 9.69. The van der Waals surface area contributed by atoms with Gasteiger partial charge < -0.3 is 9.80 Å². The van der Waals surface area contributed by atoms with E-state index in [2.05, 4.69) is 32.0 Å². The van der Waals surface area contributed by atoms with Gasteiger partial charge in [-0.25, -0.2) is 15.0 Å². The minimum atomic E-state index is -0.400. The van der Waals surface area contributed by atoms with Crippen molar-refractivity contribution >= 4 is 28.2 Å². The van der Waals surface area contributed by atoms with Gasteiger partial charge in [-0.1, -0.05) is 30.3 Å². The van der Waals surface area contributed by atoms with Crippen molar-refractivity contribution in [3.05, 3.63) is 77.4 Å². The van der Waals surface area contributed by atoms with Gasteiger partial charge in [0, 0.05) is 31.9 Å². The lowest BCUT2D eigenvalue weighted by molar-refractivity contribution is -0.384. The number of nitrogens with zero attached hydrogens (tertiary/aromatic N) is 7. The van der Waals surface area contributed by atoms with Crippen molar-refractivity contribution in [2.75, 3.05) is 36.0 Å². The van der Waals surface area contributed by atoms with Crippen LogP contribution in [-0.4, -0.2) is 50.6 Å². The Hall–Kier alpha value is -4.01. The second-order valence-corrected chi connectivity index (χ2v) is 7.04. The molecule has 1 saturated heterocycles. The number of para-hydroxylation sites is 3. The van der Waals surface area contributed by atoms with E-state index in [-0.39, 0.29) is 11.5 Å². The molecular weight excluding hydrogens is 382 g/mol. The van der Waals surface area contributed by atoms with Crippen LogP contribution < -0.4 is 9.80 Å². The summed E-state index contributed by atoms with van der Waals surface area (Å²) >= 11 is 0. The Kier molecular flexibility index (Phi) is 4.47. The summed E-state index contributed by atoms with van der Waals surface area (Å²) in [6.45, 7) is 2.79. The molecule has 3 heterocycles. The van der Waals surface area contributed by atoms with E-state index < -0.39 is 4.92 Å². The predicted octanol–water partition coefficient (Wildman–Crippen LogP) is 3.05. The molecule has 1 fully saturated rings. The van der Waals surface area contributed by atoms with E-state index in [1.54, 1.807) is 10.9 Å². The number of aromatic nitrogens is 4. The SMILES string of the molecule is O=[N+]([O-])c1c(N2CCN(c3ccccc3)CC2)ncnc1-n1cnc2ccccc21. The zero-order chi connectivity index (χ0) is 20.5. The highest BCUT2D eigenvalue weighted by atomic mass is 16.6. The molecule has 0 unspecified atom stereocenters. The van der Waals surface area contributed by atoms with Crippen molar-refractivity contribution in [3.63, 3.8) is 0 Å². The van der Waals surface area contributed by atoms with E-state index in [0.717, 1.165) is 29.8 Å². The van der Waals surface area contributed by atoms with Crippen LogP contribution in [0.5, 0.6) is 0 Å². The molecule has 2 aromatic carbocycles. The van der Waals surface area contributed by atoms with Crippen LogP contribution in [0.2, 0.25) is 0 Å². The molecule has 0 N–H and O–H groups in total.